The Balaban J connectivity index is 3.55. The van der Waals surface area contributed by atoms with Gasteiger partial charge in [-0.1, -0.05) is 52.4 Å². The van der Waals surface area contributed by atoms with E-state index in [1.54, 1.807) is 0 Å². The van der Waals surface area contributed by atoms with Crippen LogP contribution in [0.15, 0.2) is 0 Å². The van der Waals surface area contributed by atoms with Crippen LogP contribution in [0.1, 0.15) is 65.7 Å². The molecule has 0 spiro atoms. The average molecular weight is 215 g/mol. The SMILES string of the molecule is CCCCCCCCC(C)(CN)C(C)O. The van der Waals surface area contributed by atoms with Gasteiger partial charge in [0, 0.05) is 12.0 Å². The van der Waals surface area contributed by atoms with Gasteiger partial charge in [-0.05, 0) is 13.3 Å². The van der Waals surface area contributed by atoms with Crippen molar-refractivity contribution in [2.45, 2.75) is 71.8 Å². The van der Waals surface area contributed by atoms with Gasteiger partial charge in [0.15, 0.2) is 0 Å². The van der Waals surface area contributed by atoms with E-state index in [-0.39, 0.29) is 11.5 Å². The maximum absolute atomic E-state index is 9.63. The highest BCUT2D eigenvalue weighted by atomic mass is 16.3. The van der Waals surface area contributed by atoms with Crippen LogP contribution in [-0.2, 0) is 0 Å². The molecule has 0 amide bonds. The summed E-state index contributed by atoms with van der Waals surface area (Å²) in [5.41, 5.74) is 5.63. The number of aliphatic hydroxyl groups excluding tert-OH is 1. The van der Waals surface area contributed by atoms with Gasteiger partial charge in [0.05, 0.1) is 6.10 Å². The highest BCUT2D eigenvalue weighted by Crippen LogP contribution is 2.27. The topological polar surface area (TPSA) is 46.2 Å². The van der Waals surface area contributed by atoms with Crippen molar-refractivity contribution in [1.82, 2.24) is 0 Å². The minimum absolute atomic E-state index is 0.0786. The van der Waals surface area contributed by atoms with Crippen LogP contribution in [0.25, 0.3) is 0 Å². The molecule has 0 bridgehead atoms. The summed E-state index contributed by atoms with van der Waals surface area (Å²) < 4.78 is 0. The zero-order valence-corrected chi connectivity index (χ0v) is 10.8. The first-order valence-electron chi connectivity index (χ1n) is 6.45. The van der Waals surface area contributed by atoms with Crippen molar-refractivity contribution < 1.29 is 5.11 Å². The van der Waals surface area contributed by atoms with Crippen LogP contribution in [0.5, 0.6) is 0 Å². The first kappa shape index (κ1) is 14.9. The smallest absolute Gasteiger partial charge is 0.0577 e. The molecule has 0 fully saturated rings. The number of aliphatic hydroxyl groups is 1. The summed E-state index contributed by atoms with van der Waals surface area (Å²) >= 11 is 0. The third-order valence-corrected chi connectivity index (χ3v) is 3.58. The summed E-state index contributed by atoms with van der Waals surface area (Å²) in [7, 11) is 0. The molecule has 0 heterocycles. The molecule has 0 aromatic heterocycles. The van der Waals surface area contributed by atoms with Gasteiger partial charge in [0.1, 0.15) is 0 Å². The first-order valence-corrected chi connectivity index (χ1v) is 6.45. The molecule has 2 unspecified atom stereocenters. The van der Waals surface area contributed by atoms with E-state index in [0.29, 0.717) is 6.54 Å². The van der Waals surface area contributed by atoms with Crippen molar-refractivity contribution in [2.24, 2.45) is 11.1 Å². The van der Waals surface area contributed by atoms with E-state index in [0.717, 1.165) is 6.42 Å². The average Bonchev–Trinajstić information content (AvgIpc) is 2.22. The van der Waals surface area contributed by atoms with Gasteiger partial charge in [0.25, 0.3) is 0 Å². The minimum Gasteiger partial charge on any atom is -0.393 e. The quantitative estimate of drug-likeness (QED) is 0.581. The fourth-order valence-corrected chi connectivity index (χ4v) is 1.79. The summed E-state index contributed by atoms with van der Waals surface area (Å²) in [6.07, 6.45) is 8.56. The van der Waals surface area contributed by atoms with Crippen molar-refractivity contribution in [3.05, 3.63) is 0 Å². The Kier molecular flexibility index (Phi) is 8.07. The molecule has 0 aromatic rings. The summed E-state index contributed by atoms with van der Waals surface area (Å²) in [6, 6.07) is 0. The lowest BCUT2D eigenvalue weighted by Gasteiger charge is -2.31. The second kappa shape index (κ2) is 8.12. The monoisotopic (exact) mass is 215 g/mol. The van der Waals surface area contributed by atoms with Crippen LogP contribution < -0.4 is 5.73 Å². The van der Waals surface area contributed by atoms with E-state index in [4.69, 9.17) is 5.73 Å². The molecule has 0 aliphatic rings. The zero-order valence-electron chi connectivity index (χ0n) is 10.8. The highest BCUT2D eigenvalue weighted by molar-refractivity contribution is 4.80. The number of hydrogen-bond donors (Lipinski definition) is 2. The molecule has 0 saturated carbocycles. The van der Waals surface area contributed by atoms with Crippen LogP contribution in [0, 0.1) is 5.41 Å². The molecule has 2 heteroatoms. The Morgan fingerprint density at radius 3 is 2.13 bits per heavy atom. The number of unbranched alkanes of at least 4 members (excludes halogenated alkanes) is 5. The predicted molar refractivity (Wildman–Crippen MR) is 66.8 cm³/mol. The summed E-state index contributed by atoms with van der Waals surface area (Å²) in [4.78, 5) is 0. The van der Waals surface area contributed by atoms with Crippen LogP contribution in [0.4, 0.5) is 0 Å². The van der Waals surface area contributed by atoms with Crippen LogP contribution in [-0.4, -0.2) is 17.8 Å². The van der Waals surface area contributed by atoms with Gasteiger partial charge < -0.3 is 10.8 Å². The van der Waals surface area contributed by atoms with Gasteiger partial charge in [-0.25, -0.2) is 0 Å². The second-order valence-electron chi connectivity index (χ2n) is 5.05. The third kappa shape index (κ3) is 6.16. The lowest BCUT2D eigenvalue weighted by molar-refractivity contribution is 0.0500. The molecule has 0 aromatic carbocycles. The fourth-order valence-electron chi connectivity index (χ4n) is 1.79. The van der Waals surface area contributed by atoms with Gasteiger partial charge in [-0.3, -0.25) is 0 Å². The van der Waals surface area contributed by atoms with E-state index in [2.05, 4.69) is 13.8 Å². The molecule has 3 N–H and O–H groups in total. The molecule has 0 aliphatic heterocycles. The standard InChI is InChI=1S/C13H29NO/c1-4-5-6-7-8-9-10-13(3,11-14)12(2)15/h12,15H,4-11,14H2,1-3H3. The Labute approximate surface area is 95.3 Å². The molecular weight excluding hydrogens is 186 g/mol. The van der Waals surface area contributed by atoms with Crippen molar-refractivity contribution in [2.75, 3.05) is 6.54 Å². The van der Waals surface area contributed by atoms with Crippen LogP contribution >= 0.6 is 0 Å². The van der Waals surface area contributed by atoms with Gasteiger partial charge in [0.2, 0.25) is 0 Å². The predicted octanol–water partition coefficient (Wildman–Crippen LogP) is 3.08. The zero-order chi connectivity index (χ0) is 11.7. The Hall–Kier alpha value is -0.0800. The Morgan fingerprint density at radius 2 is 1.67 bits per heavy atom. The highest BCUT2D eigenvalue weighted by Gasteiger charge is 2.27. The molecule has 15 heavy (non-hydrogen) atoms. The van der Waals surface area contributed by atoms with Crippen molar-refractivity contribution in [3.8, 4) is 0 Å². The van der Waals surface area contributed by atoms with Crippen molar-refractivity contribution in [3.63, 3.8) is 0 Å². The fraction of sp³-hybridized carbons (Fsp3) is 1.00. The molecule has 2 nitrogen and oxygen atoms in total. The van der Waals surface area contributed by atoms with E-state index in [9.17, 15) is 5.11 Å². The normalized spacial score (nSPS) is 17.4. The van der Waals surface area contributed by atoms with E-state index < -0.39 is 0 Å². The summed E-state index contributed by atoms with van der Waals surface area (Å²) in [5.74, 6) is 0. The Bertz CT molecular complexity index is 147. The minimum atomic E-state index is -0.293. The number of rotatable bonds is 9. The van der Waals surface area contributed by atoms with Gasteiger partial charge in [-0.15, -0.1) is 0 Å². The molecule has 0 saturated heterocycles. The molecule has 0 rings (SSSR count). The third-order valence-electron chi connectivity index (χ3n) is 3.58. The number of nitrogens with two attached hydrogens (primary N) is 1. The van der Waals surface area contributed by atoms with Gasteiger partial charge >= 0.3 is 0 Å². The maximum Gasteiger partial charge on any atom is 0.0577 e. The summed E-state index contributed by atoms with van der Waals surface area (Å²) in [6.45, 7) is 6.76. The van der Waals surface area contributed by atoms with Gasteiger partial charge in [-0.2, -0.15) is 0 Å². The van der Waals surface area contributed by atoms with E-state index >= 15 is 0 Å². The van der Waals surface area contributed by atoms with Crippen molar-refractivity contribution in [1.29, 1.82) is 0 Å². The van der Waals surface area contributed by atoms with E-state index in [1.807, 2.05) is 6.92 Å². The second-order valence-corrected chi connectivity index (χ2v) is 5.05. The first-order chi connectivity index (χ1) is 7.06. The Morgan fingerprint density at radius 1 is 1.13 bits per heavy atom. The number of hydrogen-bond acceptors (Lipinski definition) is 2. The lowest BCUT2D eigenvalue weighted by atomic mass is 9.80. The summed E-state index contributed by atoms with van der Waals surface area (Å²) in [5, 5.41) is 9.63. The molecule has 0 radical (unpaired) electrons. The van der Waals surface area contributed by atoms with E-state index in [1.165, 1.54) is 38.5 Å². The lowest BCUT2D eigenvalue weighted by Crippen LogP contribution is -2.37. The van der Waals surface area contributed by atoms with Crippen LogP contribution in [0.3, 0.4) is 0 Å². The molecule has 2 atom stereocenters. The van der Waals surface area contributed by atoms with Crippen LogP contribution in [0.2, 0.25) is 0 Å². The molecule has 92 valence electrons. The van der Waals surface area contributed by atoms with Crippen molar-refractivity contribution >= 4 is 0 Å². The maximum atomic E-state index is 9.63. The molecular formula is C13H29NO. The largest absolute Gasteiger partial charge is 0.393 e. The molecule has 0 aliphatic carbocycles.